The van der Waals surface area contributed by atoms with Crippen LogP contribution in [0.5, 0.6) is 5.75 Å². The highest BCUT2D eigenvalue weighted by Gasteiger charge is 2.37. The van der Waals surface area contributed by atoms with Crippen LogP contribution in [0.2, 0.25) is 20.5 Å². The molecule has 2 rings (SSSR count). The van der Waals surface area contributed by atoms with Crippen LogP contribution in [0, 0.1) is 0 Å². The van der Waals surface area contributed by atoms with Crippen molar-refractivity contribution in [3.05, 3.63) is 41.3 Å². The lowest BCUT2D eigenvalue weighted by Gasteiger charge is -2.34. The summed E-state index contributed by atoms with van der Waals surface area (Å²) in [7, 11) is 0. The molecule has 2 N–H and O–H groups in total. The number of carbonyl (C=O) groups is 1. The van der Waals surface area contributed by atoms with E-state index in [1.54, 1.807) is 27.0 Å². The van der Waals surface area contributed by atoms with Gasteiger partial charge in [-0.25, -0.2) is 4.79 Å². The van der Waals surface area contributed by atoms with Crippen LogP contribution in [0.4, 0.5) is 18.0 Å². The number of rotatable bonds is 3. The van der Waals surface area contributed by atoms with E-state index in [9.17, 15) is 23.1 Å². The number of nitrogens with one attached hydrogen (secondary N) is 1. The number of aliphatic hydroxyl groups excluding tert-OH is 1. The molecule has 0 fully saturated rings. The van der Waals surface area contributed by atoms with E-state index in [-0.39, 0.29) is 18.1 Å². The lowest BCUT2D eigenvalue weighted by molar-refractivity contribution is -0.137. The van der Waals surface area contributed by atoms with Gasteiger partial charge in [0, 0.05) is 5.56 Å². The van der Waals surface area contributed by atoms with Gasteiger partial charge in [0.05, 0.1) is 5.56 Å². The van der Waals surface area contributed by atoms with E-state index in [2.05, 4.69) is 38.4 Å². The summed E-state index contributed by atoms with van der Waals surface area (Å²) in [5.74, 6) is -0.111. The van der Waals surface area contributed by atoms with E-state index in [4.69, 9.17) is 14.2 Å². The monoisotopic (exact) mass is 493 g/mol. The van der Waals surface area contributed by atoms with E-state index in [1.807, 2.05) is 0 Å². The topological polar surface area (TPSA) is 77.0 Å². The van der Waals surface area contributed by atoms with Crippen molar-refractivity contribution in [2.45, 2.75) is 72.1 Å². The van der Waals surface area contributed by atoms with Crippen molar-refractivity contribution in [3.63, 3.8) is 0 Å². The molecule has 2 atom stereocenters. The molecule has 188 valence electrons. The van der Waals surface area contributed by atoms with Gasteiger partial charge in [-0.15, -0.1) is 0 Å². The Labute approximate surface area is 200 Å². The Hall–Kier alpha value is -2.17. The van der Waals surface area contributed by atoms with E-state index >= 15 is 0 Å². The van der Waals surface area contributed by atoms with Crippen LogP contribution in [0.3, 0.4) is 0 Å². The van der Waals surface area contributed by atoms with Crippen molar-refractivity contribution < 1.29 is 37.3 Å². The fourth-order valence-electron chi connectivity index (χ4n) is 2.47. The number of benzene rings is 1. The predicted octanol–water partition coefficient (Wildman–Crippen LogP) is 6.38. The second-order valence-corrected chi connectivity index (χ2v) is 8.85. The predicted molar refractivity (Wildman–Crippen MR) is 129 cm³/mol. The summed E-state index contributed by atoms with van der Waals surface area (Å²) in [6.45, 7) is 13.7. The summed E-state index contributed by atoms with van der Waals surface area (Å²) in [5.41, 5.74) is -1.30. The number of alkyl halides is 3. The number of thiol groups is 1. The Morgan fingerprint density at radius 2 is 1.79 bits per heavy atom. The summed E-state index contributed by atoms with van der Waals surface area (Å²) < 4.78 is 54.8. The van der Waals surface area contributed by atoms with Crippen LogP contribution in [0.25, 0.3) is 0 Å². The Kier molecular flexibility index (Phi) is 12.6. The Morgan fingerprint density at radius 1 is 1.24 bits per heavy atom. The zero-order valence-electron chi connectivity index (χ0n) is 20.4. The van der Waals surface area contributed by atoms with Gasteiger partial charge in [-0.05, 0) is 46.1 Å². The van der Waals surface area contributed by atoms with Gasteiger partial charge in [-0.3, -0.25) is 0 Å². The second kappa shape index (κ2) is 13.5. The first-order chi connectivity index (χ1) is 15.1. The maximum absolute atomic E-state index is 12.9. The maximum atomic E-state index is 12.9. The second-order valence-electron chi connectivity index (χ2n) is 8.85. The van der Waals surface area contributed by atoms with Crippen molar-refractivity contribution in [2.24, 2.45) is 0 Å². The van der Waals surface area contributed by atoms with Crippen LogP contribution in [-0.4, -0.2) is 42.5 Å². The molecule has 1 amide bonds. The molecule has 11 heteroatoms. The number of hydrogen-bond donors (Lipinski definition) is 3. The largest absolute Gasteiger partial charge is 0.509 e. The van der Waals surface area contributed by atoms with Gasteiger partial charge < -0.3 is 24.6 Å². The summed E-state index contributed by atoms with van der Waals surface area (Å²) >= 11 is 3.53. The van der Waals surface area contributed by atoms with Gasteiger partial charge in [0.15, 0.2) is 6.10 Å². The molecule has 1 aromatic rings. The molecular weight excluding hydrogens is 458 g/mol. The standard InChI is InChI=1S/C18H22F3NO5.C3H9B.CH4S/c1-10(23)8-25-14-9-26-13-7-11(18(19,20)21)5-6-12(13)15(14)22-16(24)27-17(2,3)4;1-4(2)3;1-2/h5-8,14-15,23H,9H2,1-4H3,(H,22,24);1-3H3;2H,1H3/b10-8-;;. The first kappa shape index (κ1) is 30.8. The fraction of sp³-hybridized carbons (Fsp3) is 0.591. The number of alkyl carbamates (subject to hydrolysis) is 1. The zero-order valence-corrected chi connectivity index (χ0v) is 21.3. The maximum Gasteiger partial charge on any atom is 0.416 e. The third-order valence-corrected chi connectivity index (χ3v) is 3.54. The SMILES string of the molecule is C/C(O)=C/OC1COc2cc(C(F)(F)F)ccc2C1NC(=O)OC(C)(C)C.CB(C)C.CS. The molecule has 0 radical (unpaired) electrons. The summed E-state index contributed by atoms with van der Waals surface area (Å²) in [4.78, 5) is 12.2. The Morgan fingerprint density at radius 3 is 2.24 bits per heavy atom. The highest BCUT2D eigenvalue weighted by atomic mass is 32.1. The average molecular weight is 493 g/mol. The van der Waals surface area contributed by atoms with Gasteiger partial charge in [0.1, 0.15) is 42.7 Å². The first-order valence-electron chi connectivity index (χ1n) is 10.4. The zero-order chi connectivity index (χ0) is 26.0. The van der Waals surface area contributed by atoms with Gasteiger partial charge in [0.2, 0.25) is 0 Å². The summed E-state index contributed by atoms with van der Waals surface area (Å²) in [6, 6.07) is 2.18. The molecule has 0 saturated heterocycles. The number of allylic oxidation sites excluding steroid dienone is 1. The third kappa shape index (κ3) is 12.0. The summed E-state index contributed by atoms with van der Waals surface area (Å²) in [5, 5.41) is 11.9. The molecule has 1 heterocycles. The molecular formula is C22H35BF3NO5S. The number of fused-ring (bicyclic) bond motifs is 1. The number of amides is 1. The molecule has 1 aliphatic heterocycles. The molecule has 33 heavy (non-hydrogen) atoms. The first-order valence-corrected chi connectivity index (χ1v) is 11.3. The number of hydrogen-bond acceptors (Lipinski definition) is 6. The molecule has 0 aromatic heterocycles. The molecule has 0 spiro atoms. The quantitative estimate of drug-likeness (QED) is 0.259. The molecule has 0 bridgehead atoms. The Bertz CT molecular complexity index is 776. The van der Waals surface area contributed by atoms with Gasteiger partial charge in [0.25, 0.3) is 0 Å². The van der Waals surface area contributed by atoms with Crippen LogP contribution in [-0.2, 0) is 15.7 Å². The van der Waals surface area contributed by atoms with E-state index < -0.39 is 35.6 Å². The highest BCUT2D eigenvalue weighted by Crippen LogP contribution is 2.39. The summed E-state index contributed by atoms with van der Waals surface area (Å²) in [6.07, 6.45) is -3.27. The van der Waals surface area contributed by atoms with Crippen molar-refractivity contribution in [1.82, 2.24) is 5.32 Å². The molecule has 1 aliphatic rings. The van der Waals surface area contributed by atoms with Crippen molar-refractivity contribution in [2.75, 3.05) is 12.9 Å². The van der Waals surface area contributed by atoms with Gasteiger partial charge in [-0.1, -0.05) is 26.5 Å². The van der Waals surface area contributed by atoms with E-state index in [1.165, 1.54) is 13.0 Å². The number of ether oxygens (including phenoxy) is 3. The van der Waals surface area contributed by atoms with Crippen LogP contribution in [0.1, 0.15) is 44.9 Å². The van der Waals surface area contributed by atoms with Crippen LogP contribution >= 0.6 is 12.6 Å². The lowest BCUT2D eigenvalue weighted by Crippen LogP contribution is -2.44. The molecule has 0 saturated carbocycles. The van der Waals surface area contributed by atoms with E-state index in [0.717, 1.165) is 25.1 Å². The van der Waals surface area contributed by atoms with E-state index in [0.29, 0.717) is 5.56 Å². The van der Waals surface area contributed by atoms with Crippen LogP contribution in [0.15, 0.2) is 30.2 Å². The lowest BCUT2D eigenvalue weighted by atomic mass is 9.58. The number of halogens is 3. The normalized spacial score (nSPS) is 17.6. The van der Waals surface area contributed by atoms with Crippen molar-refractivity contribution in [1.29, 1.82) is 0 Å². The minimum atomic E-state index is -4.52. The van der Waals surface area contributed by atoms with Crippen LogP contribution < -0.4 is 10.1 Å². The minimum Gasteiger partial charge on any atom is -0.509 e. The van der Waals surface area contributed by atoms with Gasteiger partial charge >= 0.3 is 12.3 Å². The molecule has 2 unspecified atom stereocenters. The highest BCUT2D eigenvalue weighted by molar-refractivity contribution is 7.79. The molecule has 0 aliphatic carbocycles. The minimum absolute atomic E-state index is 0.00423. The van der Waals surface area contributed by atoms with Crippen molar-refractivity contribution >= 4 is 25.4 Å². The number of aliphatic hydroxyl groups is 1. The van der Waals surface area contributed by atoms with Gasteiger partial charge in [-0.2, -0.15) is 25.8 Å². The van der Waals surface area contributed by atoms with Crippen molar-refractivity contribution in [3.8, 4) is 5.75 Å². The average Bonchev–Trinajstić information content (AvgIpc) is 2.65. The third-order valence-electron chi connectivity index (χ3n) is 3.54. The smallest absolute Gasteiger partial charge is 0.416 e. The number of carbonyl (C=O) groups excluding carboxylic acids is 1. The Balaban J connectivity index is 0.00000154. The molecule has 6 nitrogen and oxygen atoms in total. The fourth-order valence-corrected chi connectivity index (χ4v) is 2.47. The molecule has 1 aromatic carbocycles.